The Morgan fingerprint density at radius 2 is 1.92 bits per heavy atom. The Morgan fingerprint density at radius 3 is 2.52 bits per heavy atom. The molecule has 25 heavy (non-hydrogen) atoms. The van der Waals surface area contributed by atoms with Gasteiger partial charge in [-0.25, -0.2) is 4.39 Å². The Kier molecular flexibility index (Phi) is 5.86. The summed E-state index contributed by atoms with van der Waals surface area (Å²) in [5, 5.41) is 5.13. The monoisotopic (exact) mass is 360 g/mol. The summed E-state index contributed by atoms with van der Waals surface area (Å²) < 4.78 is 13.2. The molecule has 0 unspecified atom stereocenters. The zero-order chi connectivity index (χ0) is 17.8. The fourth-order valence-electron chi connectivity index (χ4n) is 3.76. The number of thiophene rings is 1. The molecule has 0 radical (unpaired) electrons. The van der Waals surface area contributed by atoms with E-state index in [0.29, 0.717) is 18.4 Å². The van der Waals surface area contributed by atoms with Gasteiger partial charge in [0.2, 0.25) is 5.91 Å². The number of hydrogen-bond donors (Lipinski definition) is 1. The van der Waals surface area contributed by atoms with Crippen molar-refractivity contribution >= 4 is 17.2 Å². The van der Waals surface area contributed by atoms with Crippen molar-refractivity contribution in [1.82, 2.24) is 10.2 Å². The molecule has 1 saturated heterocycles. The van der Waals surface area contributed by atoms with Crippen molar-refractivity contribution in [2.75, 3.05) is 19.6 Å². The number of carbonyl (C=O) groups excluding carboxylic acids is 1. The molecule has 1 aliphatic rings. The lowest BCUT2D eigenvalue weighted by atomic mass is 9.92. The van der Waals surface area contributed by atoms with Gasteiger partial charge in [0.25, 0.3) is 0 Å². The van der Waals surface area contributed by atoms with E-state index in [9.17, 15) is 9.18 Å². The van der Waals surface area contributed by atoms with Crippen LogP contribution in [0, 0.1) is 17.7 Å². The van der Waals surface area contributed by atoms with Gasteiger partial charge in [0.05, 0.1) is 12.6 Å². The summed E-state index contributed by atoms with van der Waals surface area (Å²) >= 11 is 1.60. The third-order valence-corrected chi connectivity index (χ3v) is 5.59. The highest BCUT2D eigenvalue weighted by molar-refractivity contribution is 7.10. The molecule has 1 aromatic heterocycles. The second-order valence-corrected chi connectivity index (χ2v) is 8.19. The highest BCUT2D eigenvalue weighted by Crippen LogP contribution is 2.26. The first kappa shape index (κ1) is 18.1. The SMILES string of the molecule is C[C@@H]1C[C@@H](C)CN(CC(=O)N[C@@H](c2ccc(F)cc2)c2cccs2)C1. The van der Waals surface area contributed by atoms with Gasteiger partial charge in [-0.2, -0.15) is 0 Å². The van der Waals surface area contributed by atoms with Crippen LogP contribution in [0.25, 0.3) is 0 Å². The molecule has 0 bridgehead atoms. The van der Waals surface area contributed by atoms with Gasteiger partial charge in [-0.3, -0.25) is 9.69 Å². The molecule has 1 aliphatic heterocycles. The summed E-state index contributed by atoms with van der Waals surface area (Å²) in [5.74, 6) is 1.00. The lowest BCUT2D eigenvalue weighted by Crippen LogP contribution is -2.45. The number of halogens is 1. The van der Waals surface area contributed by atoms with E-state index < -0.39 is 0 Å². The van der Waals surface area contributed by atoms with Gasteiger partial charge in [-0.1, -0.05) is 32.0 Å². The molecule has 0 spiro atoms. The lowest BCUT2D eigenvalue weighted by molar-refractivity contribution is -0.123. The quantitative estimate of drug-likeness (QED) is 0.872. The minimum Gasteiger partial charge on any atom is -0.343 e. The summed E-state index contributed by atoms with van der Waals surface area (Å²) in [6.07, 6.45) is 1.23. The molecule has 2 heterocycles. The third kappa shape index (κ3) is 4.89. The van der Waals surface area contributed by atoms with E-state index in [-0.39, 0.29) is 17.8 Å². The fraction of sp³-hybridized carbons (Fsp3) is 0.450. The molecule has 1 fully saturated rings. The largest absolute Gasteiger partial charge is 0.343 e. The Bertz CT molecular complexity index is 676. The lowest BCUT2D eigenvalue weighted by Gasteiger charge is -2.34. The van der Waals surface area contributed by atoms with Gasteiger partial charge < -0.3 is 5.32 Å². The Hall–Kier alpha value is -1.72. The van der Waals surface area contributed by atoms with E-state index in [2.05, 4.69) is 24.1 Å². The van der Waals surface area contributed by atoms with Crippen LogP contribution in [0.3, 0.4) is 0 Å². The average Bonchev–Trinajstić information content (AvgIpc) is 3.06. The van der Waals surface area contributed by atoms with E-state index in [1.807, 2.05) is 17.5 Å². The summed E-state index contributed by atoms with van der Waals surface area (Å²) in [6.45, 7) is 6.84. The first-order valence-electron chi connectivity index (χ1n) is 8.82. The fourth-order valence-corrected chi connectivity index (χ4v) is 4.56. The first-order chi connectivity index (χ1) is 12.0. The molecule has 1 N–H and O–H groups in total. The van der Waals surface area contributed by atoms with Crippen molar-refractivity contribution in [3.63, 3.8) is 0 Å². The van der Waals surface area contributed by atoms with Crippen LogP contribution in [-0.4, -0.2) is 30.4 Å². The zero-order valence-corrected chi connectivity index (χ0v) is 15.6. The summed E-state index contributed by atoms with van der Waals surface area (Å²) in [5.41, 5.74) is 0.901. The van der Waals surface area contributed by atoms with Gasteiger partial charge in [0.1, 0.15) is 5.82 Å². The van der Waals surface area contributed by atoms with Crippen molar-refractivity contribution in [1.29, 1.82) is 0 Å². The van der Waals surface area contributed by atoms with Crippen molar-refractivity contribution in [3.8, 4) is 0 Å². The number of nitrogens with zero attached hydrogens (tertiary/aromatic N) is 1. The second-order valence-electron chi connectivity index (χ2n) is 7.21. The molecule has 3 rings (SSSR count). The van der Waals surface area contributed by atoms with Crippen LogP contribution in [0.2, 0.25) is 0 Å². The van der Waals surface area contributed by atoms with E-state index in [4.69, 9.17) is 0 Å². The number of amides is 1. The number of hydrogen-bond acceptors (Lipinski definition) is 3. The predicted molar refractivity (Wildman–Crippen MR) is 100 cm³/mol. The van der Waals surface area contributed by atoms with Crippen LogP contribution in [-0.2, 0) is 4.79 Å². The third-order valence-electron chi connectivity index (χ3n) is 4.65. The first-order valence-corrected chi connectivity index (χ1v) is 9.70. The molecule has 3 atom stereocenters. The maximum atomic E-state index is 13.2. The summed E-state index contributed by atoms with van der Waals surface area (Å²) in [6, 6.07) is 10.1. The molecule has 3 nitrogen and oxygen atoms in total. The normalized spacial score (nSPS) is 22.5. The number of benzene rings is 1. The number of carbonyl (C=O) groups is 1. The van der Waals surface area contributed by atoms with Gasteiger partial charge in [0.15, 0.2) is 0 Å². The molecule has 0 saturated carbocycles. The van der Waals surface area contributed by atoms with Gasteiger partial charge in [-0.05, 0) is 47.4 Å². The molecule has 134 valence electrons. The standard InChI is InChI=1S/C20H25FN2OS/c1-14-10-15(2)12-23(11-14)13-19(24)22-20(18-4-3-9-25-18)16-5-7-17(21)8-6-16/h3-9,14-15,20H,10-13H2,1-2H3,(H,22,24)/t14-,15-,20+/m1/s1. The number of likely N-dealkylation sites (tertiary alicyclic amines) is 1. The molecule has 5 heteroatoms. The van der Waals surface area contributed by atoms with E-state index in [1.54, 1.807) is 23.5 Å². The summed E-state index contributed by atoms with van der Waals surface area (Å²) in [7, 11) is 0. The maximum Gasteiger partial charge on any atom is 0.234 e. The smallest absolute Gasteiger partial charge is 0.234 e. The van der Waals surface area contributed by atoms with Gasteiger partial charge >= 0.3 is 0 Å². The van der Waals surface area contributed by atoms with Crippen LogP contribution in [0.1, 0.15) is 36.8 Å². The molecule has 2 aromatic rings. The van der Waals surface area contributed by atoms with E-state index in [0.717, 1.165) is 23.5 Å². The minimum absolute atomic E-state index is 0.0176. The second kappa shape index (κ2) is 8.11. The average molecular weight is 360 g/mol. The number of piperidine rings is 1. The Morgan fingerprint density at radius 1 is 1.24 bits per heavy atom. The van der Waals surface area contributed by atoms with Gasteiger partial charge in [0, 0.05) is 18.0 Å². The van der Waals surface area contributed by atoms with Crippen LogP contribution in [0.4, 0.5) is 4.39 Å². The number of nitrogens with one attached hydrogen (secondary N) is 1. The topological polar surface area (TPSA) is 32.3 Å². The van der Waals surface area contributed by atoms with Crippen molar-refractivity contribution in [2.24, 2.45) is 11.8 Å². The predicted octanol–water partition coefficient (Wildman–Crippen LogP) is 4.07. The molecule has 1 aromatic carbocycles. The number of rotatable bonds is 5. The van der Waals surface area contributed by atoms with Crippen molar-refractivity contribution in [3.05, 3.63) is 58.0 Å². The summed E-state index contributed by atoms with van der Waals surface area (Å²) in [4.78, 5) is 15.9. The Labute approximate surface area is 152 Å². The molecular formula is C20H25FN2OS. The molecular weight excluding hydrogens is 335 g/mol. The van der Waals surface area contributed by atoms with Crippen LogP contribution >= 0.6 is 11.3 Å². The van der Waals surface area contributed by atoms with E-state index in [1.165, 1.54) is 18.6 Å². The Balaban J connectivity index is 1.70. The van der Waals surface area contributed by atoms with E-state index >= 15 is 0 Å². The minimum atomic E-state index is -0.267. The zero-order valence-electron chi connectivity index (χ0n) is 14.7. The maximum absolute atomic E-state index is 13.2. The van der Waals surface area contributed by atoms with Crippen LogP contribution in [0.5, 0.6) is 0 Å². The van der Waals surface area contributed by atoms with Crippen LogP contribution < -0.4 is 5.32 Å². The molecule has 0 aliphatic carbocycles. The highest BCUT2D eigenvalue weighted by Gasteiger charge is 2.25. The van der Waals surface area contributed by atoms with Crippen molar-refractivity contribution in [2.45, 2.75) is 26.3 Å². The van der Waals surface area contributed by atoms with Gasteiger partial charge in [-0.15, -0.1) is 11.3 Å². The molecule has 1 amide bonds. The van der Waals surface area contributed by atoms with Crippen LogP contribution in [0.15, 0.2) is 41.8 Å². The van der Waals surface area contributed by atoms with Crippen molar-refractivity contribution < 1.29 is 9.18 Å². The highest BCUT2D eigenvalue weighted by atomic mass is 32.1.